The van der Waals surface area contributed by atoms with Crippen molar-refractivity contribution in [3.63, 3.8) is 0 Å². The van der Waals surface area contributed by atoms with Gasteiger partial charge in [-0.05, 0) is 18.9 Å². The van der Waals surface area contributed by atoms with Crippen molar-refractivity contribution in [2.75, 3.05) is 20.3 Å². The maximum Gasteiger partial charge on any atom is 0.0871 e. The van der Waals surface area contributed by atoms with Crippen LogP contribution >= 0.6 is 0 Å². The number of hydrogen-bond donors (Lipinski definition) is 1. The molecule has 16 heavy (non-hydrogen) atoms. The van der Waals surface area contributed by atoms with E-state index < -0.39 is 0 Å². The molecule has 0 radical (unpaired) electrons. The fourth-order valence-corrected chi connectivity index (χ4v) is 1.87. The molecule has 0 bridgehead atoms. The largest absolute Gasteiger partial charge is 0.384 e. The van der Waals surface area contributed by atoms with Gasteiger partial charge in [-0.25, -0.2) is 4.68 Å². The summed E-state index contributed by atoms with van der Waals surface area (Å²) in [5.74, 6) is 0.447. The Kier molecular flexibility index (Phi) is 5.42. The maximum absolute atomic E-state index is 5.55. The molecule has 5 heteroatoms. The van der Waals surface area contributed by atoms with Crippen molar-refractivity contribution in [2.45, 2.75) is 33.2 Å². The van der Waals surface area contributed by atoms with Gasteiger partial charge in [0.05, 0.1) is 18.0 Å². The summed E-state index contributed by atoms with van der Waals surface area (Å²) in [5, 5.41) is 8.37. The van der Waals surface area contributed by atoms with E-state index in [1.54, 1.807) is 7.11 Å². The van der Waals surface area contributed by atoms with Gasteiger partial charge in [0.1, 0.15) is 0 Å². The minimum Gasteiger partial charge on any atom is -0.384 e. The second-order valence-corrected chi connectivity index (χ2v) is 4.12. The first-order valence-corrected chi connectivity index (χ1v) is 5.83. The van der Waals surface area contributed by atoms with E-state index >= 15 is 0 Å². The number of nitrogens with two attached hydrogens (primary N) is 1. The van der Waals surface area contributed by atoms with E-state index in [1.165, 1.54) is 5.69 Å². The Morgan fingerprint density at radius 2 is 2.25 bits per heavy atom. The molecule has 1 atom stereocenters. The summed E-state index contributed by atoms with van der Waals surface area (Å²) in [5.41, 5.74) is 7.78. The van der Waals surface area contributed by atoms with Crippen molar-refractivity contribution in [3.8, 4) is 0 Å². The highest BCUT2D eigenvalue weighted by Gasteiger charge is 2.12. The Morgan fingerprint density at radius 1 is 1.50 bits per heavy atom. The lowest BCUT2D eigenvalue weighted by molar-refractivity contribution is 0.148. The molecule has 1 unspecified atom stereocenters. The van der Waals surface area contributed by atoms with Crippen LogP contribution in [0.4, 0.5) is 0 Å². The standard InChI is InChI=1S/C11H22N4O/c1-4-11-10(5-6-12)13-14-15(11)7-9(2)8-16-3/h9H,4-8,12H2,1-3H3. The smallest absolute Gasteiger partial charge is 0.0871 e. The van der Waals surface area contributed by atoms with E-state index in [4.69, 9.17) is 10.5 Å². The first kappa shape index (κ1) is 13.1. The second-order valence-electron chi connectivity index (χ2n) is 4.12. The summed E-state index contributed by atoms with van der Waals surface area (Å²) in [6.45, 7) is 6.49. The van der Waals surface area contributed by atoms with Gasteiger partial charge in [0, 0.05) is 20.1 Å². The molecular weight excluding hydrogens is 204 g/mol. The Morgan fingerprint density at radius 3 is 2.81 bits per heavy atom. The fraction of sp³-hybridized carbons (Fsp3) is 0.818. The van der Waals surface area contributed by atoms with Crippen LogP contribution < -0.4 is 5.73 Å². The molecule has 0 saturated heterocycles. The predicted octanol–water partition coefficient (Wildman–Crippen LogP) is 0.624. The lowest BCUT2D eigenvalue weighted by Crippen LogP contribution is -2.16. The van der Waals surface area contributed by atoms with Gasteiger partial charge < -0.3 is 10.5 Å². The molecule has 0 aromatic carbocycles. The van der Waals surface area contributed by atoms with E-state index in [2.05, 4.69) is 24.2 Å². The van der Waals surface area contributed by atoms with E-state index in [-0.39, 0.29) is 0 Å². The summed E-state index contributed by atoms with van der Waals surface area (Å²) in [4.78, 5) is 0. The normalized spacial score (nSPS) is 13.0. The second kappa shape index (κ2) is 6.60. The van der Waals surface area contributed by atoms with E-state index in [9.17, 15) is 0 Å². The lowest BCUT2D eigenvalue weighted by atomic mass is 10.1. The average molecular weight is 226 g/mol. The molecule has 0 amide bonds. The summed E-state index contributed by atoms with van der Waals surface area (Å²) in [6.07, 6.45) is 1.75. The Balaban J connectivity index is 2.71. The molecule has 0 aliphatic heterocycles. The highest BCUT2D eigenvalue weighted by molar-refractivity contribution is 5.10. The van der Waals surface area contributed by atoms with Gasteiger partial charge in [-0.1, -0.05) is 19.1 Å². The molecule has 1 rings (SSSR count). The van der Waals surface area contributed by atoms with Crippen molar-refractivity contribution in [1.82, 2.24) is 15.0 Å². The van der Waals surface area contributed by atoms with E-state index in [0.717, 1.165) is 31.7 Å². The fourth-order valence-electron chi connectivity index (χ4n) is 1.87. The van der Waals surface area contributed by atoms with Crippen LogP contribution in [-0.2, 0) is 24.1 Å². The minimum absolute atomic E-state index is 0.447. The van der Waals surface area contributed by atoms with Crippen LogP contribution in [-0.4, -0.2) is 35.3 Å². The third-order valence-electron chi connectivity index (χ3n) is 2.57. The molecule has 5 nitrogen and oxygen atoms in total. The lowest BCUT2D eigenvalue weighted by Gasteiger charge is -2.11. The van der Waals surface area contributed by atoms with Crippen molar-refractivity contribution in [3.05, 3.63) is 11.4 Å². The molecule has 92 valence electrons. The van der Waals surface area contributed by atoms with Crippen LogP contribution in [0.1, 0.15) is 25.2 Å². The minimum atomic E-state index is 0.447. The summed E-state index contributed by atoms with van der Waals surface area (Å²) in [6, 6.07) is 0. The van der Waals surface area contributed by atoms with Gasteiger partial charge in [0.25, 0.3) is 0 Å². The zero-order chi connectivity index (χ0) is 12.0. The van der Waals surface area contributed by atoms with E-state index in [0.29, 0.717) is 12.5 Å². The van der Waals surface area contributed by atoms with Crippen molar-refractivity contribution >= 4 is 0 Å². The topological polar surface area (TPSA) is 66.0 Å². The number of aromatic nitrogens is 3. The van der Waals surface area contributed by atoms with Gasteiger partial charge in [0.15, 0.2) is 0 Å². The molecule has 0 fully saturated rings. The van der Waals surface area contributed by atoms with Crippen molar-refractivity contribution in [2.24, 2.45) is 11.7 Å². The van der Waals surface area contributed by atoms with Gasteiger partial charge in [-0.3, -0.25) is 0 Å². The average Bonchev–Trinajstić information content (AvgIpc) is 2.61. The van der Waals surface area contributed by atoms with Gasteiger partial charge in [-0.15, -0.1) is 5.10 Å². The van der Waals surface area contributed by atoms with E-state index in [1.807, 2.05) is 4.68 Å². The monoisotopic (exact) mass is 226 g/mol. The molecule has 2 N–H and O–H groups in total. The third-order valence-corrected chi connectivity index (χ3v) is 2.57. The van der Waals surface area contributed by atoms with Crippen LogP contribution in [0.25, 0.3) is 0 Å². The van der Waals surface area contributed by atoms with Gasteiger partial charge >= 0.3 is 0 Å². The molecule has 0 aliphatic carbocycles. The maximum atomic E-state index is 5.55. The number of hydrogen-bond acceptors (Lipinski definition) is 4. The summed E-state index contributed by atoms with van der Waals surface area (Å²) in [7, 11) is 1.72. The molecular formula is C11H22N4O. The number of ether oxygens (including phenoxy) is 1. The zero-order valence-corrected chi connectivity index (χ0v) is 10.4. The van der Waals surface area contributed by atoms with Crippen LogP contribution in [0, 0.1) is 5.92 Å². The Bertz CT molecular complexity index is 311. The Hall–Kier alpha value is -0.940. The third kappa shape index (κ3) is 3.28. The highest BCUT2D eigenvalue weighted by Crippen LogP contribution is 2.09. The van der Waals surface area contributed by atoms with Crippen LogP contribution in [0.15, 0.2) is 0 Å². The first-order valence-electron chi connectivity index (χ1n) is 5.83. The zero-order valence-electron chi connectivity index (χ0n) is 10.4. The van der Waals surface area contributed by atoms with Crippen LogP contribution in [0.5, 0.6) is 0 Å². The molecule has 1 heterocycles. The Labute approximate surface area is 97.0 Å². The number of methoxy groups -OCH3 is 1. The number of rotatable bonds is 7. The molecule has 0 spiro atoms. The quantitative estimate of drug-likeness (QED) is 0.740. The molecule has 1 aromatic heterocycles. The molecule has 0 aliphatic rings. The van der Waals surface area contributed by atoms with Gasteiger partial charge in [-0.2, -0.15) is 0 Å². The van der Waals surface area contributed by atoms with Crippen molar-refractivity contribution < 1.29 is 4.74 Å². The summed E-state index contributed by atoms with van der Waals surface area (Å²) >= 11 is 0. The van der Waals surface area contributed by atoms with Gasteiger partial charge in [0.2, 0.25) is 0 Å². The molecule has 1 aromatic rings. The first-order chi connectivity index (χ1) is 7.72. The predicted molar refractivity (Wildman–Crippen MR) is 63.2 cm³/mol. The van der Waals surface area contributed by atoms with Crippen molar-refractivity contribution in [1.29, 1.82) is 0 Å². The molecule has 0 saturated carbocycles. The number of nitrogens with zero attached hydrogens (tertiary/aromatic N) is 3. The van der Waals surface area contributed by atoms with Crippen LogP contribution in [0.2, 0.25) is 0 Å². The summed E-state index contributed by atoms with van der Waals surface area (Å²) < 4.78 is 7.10. The SMILES string of the molecule is CCc1c(CCN)nnn1CC(C)COC. The highest BCUT2D eigenvalue weighted by atomic mass is 16.5. The van der Waals surface area contributed by atoms with Crippen LogP contribution in [0.3, 0.4) is 0 Å².